The number of hydrogen-bond acceptors (Lipinski definition) is 3. The molecule has 0 aromatic rings. The van der Waals surface area contributed by atoms with E-state index in [0.717, 1.165) is 25.7 Å². The van der Waals surface area contributed by atoms with E-state index < -0.39 is 12.1 Å². The monoisotopic (exact) mass is 1030 g/mol. The van der Waals surface area contributed by atoms with Crippen molar-refractivity contribution < 1.29 is 15.0 Å². The molecule has 0 rings (SSSR count). The molecule has 2 unspecified atom stereocenters. The number of aliphatic hydroxyl groups excluding tert-OH is 2. The molecular formula is C69H139NO3. The molecule has 0 aliphatic carbocycles. The minimum absolute atomic E-state index is 0.0192. The Morgan fingerprint density at radius 3 is 0.616 bits per heavy atom. The molecule has 0 spiro atoms. The topological polar surface area (TPSA) is 69.6 Å². The van der Waals surface area contributed by atoms with Gasteiger partial charge in [-0.2, -0.15) is 0 Å². The summed E-state index contributed by atoms with van der Waals surface area (Å²) in [7, 11) is 0. The fourth-order valence-electron chi connectivity index (χ4n) is 11.6. The summed E-state index contributed by atoms with van der Waals surface area (Å²) in [6.07, 6.45) is 85.9. The predicted molar refractivity (Wildman–Crippen MR) is 327 cm³/mol. The van der Waals surface area contributed by atoms with Crippen LogP contribution in [-0.2, 0) is 4.79 Å². The van der Waals surface area contributed by atoms with Gasteiger partial charge in [0, 0.05) is 6.42 Å². The molecule has 0 bridgehead atoms. The van der Waals surface area contributed by atoms with Gasteiger partial charge in [-0.15, -0.1) is 0 Å². The summed E-state index contributed by atoms with van der Waals surface area (Å²) < 4.78 is 0. The van der Waals surface area contributed by atoms with Gasteiger partial charge in [-0.1, -0.05) is 399 Å². The molecular weight excluding hydrogens is 891 g/mol. The SMILES string of the molecule is CCCCCCCCCCCCCCCCCCCCCCCCCCCCCCCCCCCC(=O)NC(CO)C(O)CCCCCCCCCCCCCCCCCCCCCCCCCCCCCC. The van der Waals surface area contributed by atoms with E-state index in [9.17, 15) is 15.0 Å². The quantitative estimate of drug-likeness (QED) is 0.0532. The highest BCUT2D eigenvalue weighted by molar-refractivity contribution is 5.76. The van der Waals surface area contributed by atoms with Crippen LogP contribution in [0.4, 0.5) is 0 Å². The summed E-state index contributed by atoms with van der Waals surface area (Å²) in [6.45, 7) is 4.42. The van der Waals surface area contributed by atoms with E-state index in [1.165, 1.54) is 366 Å². The van der Waals surface area contributed by atoms with Gasteiger partial charge in [0.05, 0.1) is 18.8 Å². The van der Waals surface area contributed by atoms with Gasteiger partial charge in [0.15, 0.2) is 0 Å². The van der Waals surface area contributed by atoms with Crippen molar-refractivity contribution in [2.45, 2.75) is 431 Å². The first-order valence-electron chi connectivity index (χ1n) is 34.7. The van der Waals surface area contributed by atoms with E-state index in [4.69, 9.17) is 0 Å². The van der Waals surface area contributed by atoms with Gasteiger partial charge in [-0.05, 0) is 12.8 Å². The maximum absolute atomic E-state index is 12.6. The van der Waals surface area contributed by atoms with E-state index >= 15 is 0 Å². The Morgan fingerprint density at radius 1 is 0.274 bits per heavy atom. The summed E-state index contributed by atoms with van der Waals surface area (Å²) in [5, 5.41) is 23.5. The molecule has 1 amide bonds. The van der Waals surface area contributed by atoms with E-state index in [1.807, 2.05) is 0 Å². The first kappa shape index (κ1) is 72.4. The zero-order chi connectivity index (χ0) is 52.7. The lowest BCUT2D eigenvalue weighted by Crippen LogP contribution is -2.45. The Morgan fingerprint density at radius 2 is 0.438 bits per heavy atom. The first-order valence-corrected chi connectivity index (χ1v) is 34.7. The minimum atomic E-state index is -0.656. The highest BCUT2D eigenvalue weighted by Gasteiger charge is 2.20. The van der Waals surface area contributed by atoms with E-state index in [1.54, 1.807) is 0 Å². The van der Waals surface area contributed by atoms with Crippen LogP contribution in [-0.4, -0.2) is 34.9 Å². The average Bonchev–Trinajstić information content (AvgIpc) is 3.40. The van der Waals surface area contributed by atoms with Gasteiger partial charge >= 0.3 is 0 Å². The van der Waals surface area contributed by atoms with Gasteiger partial charge in [0.1, 0.15) is 0 Å². The summed E-state index contributed by atoms with van der Waals surface area (Å²) in [5.41, 5.74) is 0. The van der Waals surface area contributed by atoms with Crippen LogP contribution in [0, 0.1) is 0 Å². The first-order chi connectivity index (χ1) is 36.2. The summed E-state index contributed by atoms with van der Waals surface area (Å²) in [4.78, 5) is 12.6. The van der Waals surface area contributed by atoms with E-state index in [0.29, 0.717) is 12.8 Å². The minimum Gasteiger partial charge on any atom is -0.394 e. The number of amides is 1. The molecule has 0 aliphatic rings. The zero-order valence-corrected chi connectivity index (χ0v) is 50.7. The fraction of sp³-hybridized carbons (Fsp3) is 0.986. The molecule has 0 heterocycles. The fourth-order valence-corrected chi connectivity index (χ4v) is 11.6. The lowest BCUT2D eigenvalue weighted by Gasteiger charge is -2.22. The van der Waals surface area contributed by atoms with E-state index in [2.05, 4.69) is 19.2 Å². The normalized spacial score (nSPS) is 12.5. The van der Waals surface area contributed by atoms with Gasteiger partial charge in [0.2, 0.25) is 5.91 Å². The van der Waals surface area contributed by atoms with Gasteiger partial charge in [-0.3, -0.25) is 4.79 Å². The molecule has 0 aromatic carbocycles. The van der Waals surface area contributed by atoms with Crippen molar-refractivity contribution >= 4 is 5.91 Å². The number of carbonyl (C=O) groups excluding carboxylic acids is 1. The van der Waals surface area contributed by atoms with Gasteiger partial charge in [0.25, 0.3) is 0 Å². The van der Waals surface area contributed by atoms with Crippen LogP contribution in [0.25, 0.3) is 0 Å². The van der Waals surface area contributed by atoms with Crippen molar-refractivity contribution in [2.24, 2.45) is 0 Å². The Kier molecular flexibility index (Phi) is 65.1. The lowest BCUT2D eigenvalue weighted by atomic mass is 10.0. The smallest absolute Gasteiger partial charge is 0.220 e. The summed E-state index contributed by atoms with van der Waals surface area (Å²) in [5.74, 6) is -0.0192. The highest BCUT2D eigenvalue weighted by Crippen LogP contribution is 2.20. The maximum atomic E-state index is 12.6. The van der Waals surface area contributed by atoms with Crippen LogP contribution < -0.4 is 5.32 Å². The van der Waals surface area contributed by atoms with Crippen LogP contribution in [0.5, 0.6) is 0 Å². The average molecular weight is 1030 g/mol. The molecule has 0 saturated carbocycles. The third kappa shape index (κ3) is 62.1. The summed E-state index contributed by atoms with van der Waals surface area (Å²) >= 11 is 0. The number of aliphatic hydroxyl groups is 2. The van der Waals surface area contributed by atoms with Gasteiger partial charge < -0.3 is 15.5 Å². The Labute approximate surface area is 461 Å². The number of rotatable bonds is 66. The molecule has 0 saturated heterocycles. The van der Waals surface area contributed by atoms with Crippen LogP contribution >= 0.6 is 0 Å². The molecule has 4 heteroatoms. The number of nitrogens with one attached hydrogen (secondary N) is 1. The third-order valence-electron chi connectivity index (χ3n) is 16.9. The molecule has 0 aliphatic heterocycles. The largest absolute Gasteiger partial charge is 0.394 e. The molecule has 4 nitrogen and oxygen atoms in total. The second kappa shape index (κ2) is 65.7. The number of unbranched alkanes of at least 4 members (excludes halogenated alkanes) is 59. The van der Waals surface area contributed by atoms with Crippen molar-refractivity contribution in [2.75, 3.05) is 6.61 Å². The molecule has 0 radical (unpaired) electrons. The Hall–Kier alpha value is -0.610. The maximum Gasteiger partial charge on any atom is 0.220 e. The molecule has 3 N–H and O–H groups in total. The Balaban J connectivity index is 3.35. The number of carbonyl (C=O) groups is 1. The third-order valence-corrected chi connectivity index (χ3v) is 16.9. The molecule has 2 atom stereocenters. The van der Waals surface area contributed by atoms with Gasteiger partial charge in [-0.25, -0.2) is 0 Å². The zero-order valence-electron chi connectivity index (χ0n) is 50.7. The molecule has 0 aromatic heterocycles. The molecule has 73 heavy (non-hydrogen) atoms. The Bertz CT molecular complexity index is 987. The van der Waals surface area contributed by atoms with Crippen molar-refractivity contribution in [3.63, 3.8) is 0 Å². The second-order valence-corrected chi connectivity index (χ2v) is 24.3. The van der Waals surface area contributed by atoms with Crippen LogP contribution in [0.1, 0.15) is 418 Å². The van der Waals surface area contributed by atoms with Crippen LogP contribution in [0.2, 0.25) is 0 Å². The van der Waals surface area contributed by atoms with E-state index in [-0.39, 0.29) is 12.5 Å². The van der Waals surface area contributed by atoms with Crippen molar-refractivity contribution in [1.82, 2.24) is 5.32 Å². The van der Waals surface area contributed by atoms with Crippen molar-refractivity contribution in [3.05, 3.63) is 0 Å². The number of hydrogen-bond donors (Lipinski definition) is 3. The van der Waals surface area contributed by atoms with Crippen molar-refractivity contribution in [3.8, 4) is 0 Å². The summed E-state index contributed by atoms with van der Waals surface area (Å²) in [6, 6.07) is -0.533. The standard InChI is InChI=1S/C69H139NO3/c1-3-5-7-9-11-13-15-17-19-21-23-25-27-29-31-33-34-35-36-37-39-41-43-45-47-49-51-53-55-57-59-61-63-65-69(73)70-67(66-71)68(72)64-62-60-58-56-54-52-50-48-46-44-42-40-38-32-30-28-26-24-22-20-18-16-14-12-10-8-6-4-2/h67-68,71-72H,3-66H2,1-2H3,(H,70,73). The lowest BCUT2D eigenvalue weighted by molar-refractivity contribution is -0.123. The van der Waals surface area contributed by atoms with Crippen LogP contribution in [0.3, 0.4) is 0 Å². The molecule has 438 valence electrons. The van der Waals surface area contributed by atoms with Crippen molar-refractivity contribution in [1.29, 1.82) is 0 Å². The highest BCUT2D eigenvalue weighted by atomic mass is 16.3. The predicted octanol–water partition coefficient (Wildman–Crippen LogP) is 23.4. The van der Waals surface area contributed by atoms with Crippen LogP contribution in [0.15, 0.2) is 0 Å². The molecule has 0 fully saturated rings. The second-order valence-electron chi connectivity index (χ2n) is 24.3.